The maximum atomic E-state index is 6.67. The van der Waals surface area contributed by atoms with Gasteiger partial charge in [-0.05, 0) is 48.9 Å². The number of halogens is 1. The van der Waals surface area contributed by atoms with Crippen LogP contribution < -0.4 is 0 Å². The van der Waals surface area contributed by atoms with E-state index in [0.29, 0.717) is 27.9 Å². The Bertz CT molecular complexity index is 340. The van der Waals surface area contributed by atoms with Crippen LogP contribution in [0.2, 0.25) is 0 Å². The first-order valence-electron chi connectivity index (χ1n) is 8.25. The summed E-state index contributed by atoms with van der Waals surface area (Å²) in [6.07, 6.45) is 11.7. The van der Waals surface area contributed by atoms with Crippen molar-refractivity contribution in [2.75, 3.05) is 0 Å². The zero-order valence-corrected chi connectivity index (χ0v) is 14.3. The van der Waals surface area contributed by atoms with Crippen molar-refractivity contribution in [3.05, 3.63) is 0 Å². The molecule has 0 N–H and O–H groups in total. The lowest BCUT2D eigenvalue weighted by molar-refractivity contribution is -0.0876. The maximum absolute atomic E-state index is 6.67. The van der Waals surface area contributed by atoms with Crippen LogP contribution in [-0.4, -0.2) is 17.0 Å². The summed E-state index contributed by atoms with van der Waals surface area (Å²) < 4.78 is 6.67. The van der Waals surface area contributed by atoms with Crippen LogP contribution in [0, 0.1) is 16.7 Å². The number of hydrogen-bond donors (Lipinski definition) is 0. The Kier molecular flexibility index (Phi) is 3.80. The summed E-state index contributed by atoms with van der Waals surface area (Å²) in [4.78, 5) is 0.584. The molecule has 1 nitrogen and oxygen atoms in total. The number of hydrogen-bond acceptors (Lipinski definition) is 1. The minimum atomic E-state index is 0.413. The molecule has 5 unspecified atom stereocenters. The first-order valence-corrected chi connectivity index (χ1v) is 9.16. The topological polar surface area (TPSA) is 9.23 Å². The highest BCUT2D eigenvalue weighted by Crippen LogP contribution is 2.66. The van der Waals surface area contributed by atoms with Crippen molar-refractivity contribution >= 4 is 15.9 Å². The maximum Gasteiger partial charge on any atom is 0.0704 e. The van der Waals surface area contributed by atoms with Crippen molar-refractivity contribution in [3.8, 4) is 0 Å². The van der Waals surface area contributed by atoms with Gasteiger partial charge in [-0.2, -0.15) is 0 Å². The van der Waals surface area contributed by atoms with Crippen molar-refractivity contribution in [2.24, 2.45) is 16.7 Å². The molecule has 3 saturated carbocycles. The van der Waals surface area contributed by atoms with Gasteiger partial charge in [-0.3, -0.25) is 0 Å². The molecule has 3 aliphatic rings. The summed E-state index contributed by atoms with van der Waals surface area (Å²) in [6.45, 7) is 7.45. The summed E-state index contributed by atoms with van der Waals surface area (Å²) in [5, 5.41) is 0. The van der Waals surface area contributed by atoms with Crippen molar-refractivity contribution in [1.29, 1.82) is 0 Å². The lowest BCUT2D eigenvalue weighted by Crippen LogP contribution is -2.40. The molecule has 0 aliphatic heterocycles. The molecule has 0 spiro atoms. The van der Waals surface area contributed by atoms with E-state index in [9.17, 15) is 0 Å². The van der Waals surface area contributed by atoms with Gasteiger partial charge in [0.2, 0.25) is 0 Å². The van der Waals surface area contributed by atoms with Crippen molar-refractivity contribution < 1.29 is 4.74 Å². The normalized spacial score (nSPS) is 49.3. The van der Waals surface area contributed by atoms with Gasteiger partial charge in [0.15, 0.2) is 0 Å². The molecular weight excluding hydrogens is 300 g/mol. The van der Waals surface area contributed by atoms with Crippen LogP contribution in [0.3, 0.4) is 0 Å². The monoisotopic (exact) mass is 328 g/mol. The molecule has 0 saturated heterocycles. The predicted octanol–water partition coefficient (Wildman–Crippen LogP) is 5.31. The van der Waals surface area contributed by atoms with Gasteiger partial charge in [0.25, 0.3) is 0 Å². The Balaban J connectivity index is 1.71. The second-order valence-electron chi connectivity index (χ2n) is 7.93. The minimum absolute atomic E-state index is 0.413. The van der Waals surface area contributed by atoms with Gasteiger partial charge >= 0.3 is 0 Å². The first kappa shape index (κ1) is 14.4. The molecular formula is C17H29BrO. The van der Waals surface area contributed by atoms with Crippen LogP contribution in [0.1, 0.15) is 72.1 Å². The molecule has 3 aliphatic carbocycles. The quantitative estimate of drug-likeness (QED) is 0.492. The SMILES string of the molecule is CC1(C)C2CCC1(C)C(OC1CCCCCC1Br)C2. The Hall–Kier alpha value is 0.440. The standard InChI is InChI=1S/C17H29BrO/c1-16(2)12-9-10-17(16,3)15(11-12)19-14-8-6-4-5-7-13(14)18/h12-15H,4-11H2,1-3H3. The fourth-order valence-electron chi connectivity index (χ4n) is 4.93. The first-order chi connectivity index (χ1) is 8.95. The van der Waals surface area contributed by atoms with Gasteiger partial charge in [0.1, 0.15) is 0 Å². The van der Waals surface area contributed by atoms with Crippen LogP contribution in [0.15, 0.2) is 0 Å². The van der Waals surface area contributed by atoms with Gasteiger partial charge in [-0.1, -0.05) is 56.0 Å². The molecule has 0 radical (unpaired) electrons. The van der Waals surface area contributed by atoms with E-state index in [2.05, 4.69) is 36.7 Å². The lowest BCUT2D eigenvalue weighted by Gasteiger charge is -2.41. The molecule has 19 heavy (non-hydrogen) atoms. The third-order valence-corrected chi connectivity index (χ3v) is 7.97. The summed E-state index contributed by atoms with van der Waals surface area (Å²) in [6, 6.07) is 0. The van der Waals surface area contributed by atoms with Crippen LogP contribution in [0.4, 0.5) is 0 Å². The van der Waals surface area contributed by atoms with Gasteiger partial charge in [0, 0.05) is 4.83 Å². The molecule has 0 amide bonds. The lowest BCUT2D eigenvalue weighted by atomic mass is 9.70. The Morgan fingerprint density at radius 1 is 1.00 bits per heavy atom. The van der Waals surface area contributed by atoms with Crippen molar-refractivity contribution in [3.63, 3.8) is 0 Å². The van der Waals surface area contributed by atoms with E-state index in [4.69, 9.17) is 4.74 Å². The number of alkyl halides is 1. The smallest absolute Gasteiger partial charge is 0.0704 e. The van der Waals surface area contributed by atoms with E-state index < -0.39 is 0 Å². The Morgan fingerprint density at radius 2 is 1.74 bits per heavy atom. The molecule has 3 rings (SSSR count). The number of ether oxygens (including phenoxy) is 1. The van der Waals surface area contributed by atoms with E-state index in [0.717, 1.165) is 5.92 Å². The van der Waals surface area contributed by atoms with Crippen LogP contribution in [-0.2, 0) is 4.74 Å². The summed E-state index contributed by atoms with van der Waals surface area (Å²) in [5.74, 6) is 0.891. The predicted molar refractivity (Wildman–Crippen MR) is 83.7 cm³/mol. The molecule has 2 heteroatoms. The minimum Gasteiger partial charge on any atom is -0.373 e. The summed E-state index contributed by atoms with van der Waals surface area (Å²) in [7, 11) is 0. The third kappa shape index (κ3) is 2.21. The van der Waals surface area contributed by atoms with Gasteiger partial charge < -0.3 is 4.74 Å². The largest absolute Gasteiger partial charge is 0.373 e. The molecule has 0 aromatic carbocycles. The molecule has 5 atom stereocenters. The highest BCUT2D eigenvalue weighted by molar-refractivity contribution is 9.09. The summed E-state index contributed by atoms with van der Waals surface area (Å²) in [5.41, 5.74) is 0.890. The second kappa shape index (κ2) is 5.02. The van der Waals surface area contributed by atoms with Crippen LogP contribution >= 0.6 is 15.9 Å². The zero-order chi connectivity index (χ0) is 13.7. The molecule has 3 fully saturated rings. The van der Waals surface area contributed by atoms with Crippen molar-refractivity contribution in [1.82, 2.24) is 0 Å². The molecule has 0 aromatic rings. The average Bonchev–Trinajstić information content (AvgIpc) is 2.59. The Morgan fingerprint density at radius 3 is 2.37 bits per heavy atom. The van der Waals surface area contributed by atoms with E-state index >= 15 is 0 Å². The molecule has 0 aromatic heterocycles. The molecule has 2 bridgehead atoms. The van der Waals surface area contributed by atoms with Gasteiger partial charge in [0.05, 0.1) is 12.2 Å². The van der Waals surface area contributed by atoms with E-state index in [1.54, 1.807) is 0 Å². The fourth-order valence-corrected chi connectivity index (χ4v) is 5.64. The Labute approximate surface area is 127 Å². The van der Waals surface area contributed by atoms with Crippen LogP contribution in [0.5, 0.6) is 0 Å². The zero-order valence-electron chi connectivity index (χ0n) is 12.8. The van der Waals surface area contributed by atoms with E-state index in [-0.39, 0.29) is 0 Å². The van der Waals surface area contributed by atoms with Crippen molar-refractivity contribution in [2.45, 2.75) is 89.2 Å². The van der Waals surface area contributed by atoms with E-state index in [1.165, 1.54) is 51.4 Å². The van der Waals surface area contributed by atoms with Crippen LogP contribution in [0.25, 0.3) is 0 Å². The third-order valence-electron chi connectivity index (χ3n) is 6.92. The summed E-state index contributed by atoms with van der Waals surface area (Å²) >= 11 is 3.89. The molecule has 0 heterocycles. The molecule has 110 valence electrons. The second-order valence-corrected chi connectivity index (χ2v) is 9.10. The fraction of sp³-hybridized carbons (Fsp3) is 1.00. The number of rotatable bonds is 2. The van der Waals surface area contributed by atoms with E-state index in [1.807, 2.05) is 0 Å². The van der Waals surface area contributed by atoms with Gasteiger partial charge in [-0.25, -0.2) is 0 Å². The highest BCUT2D eigenvalue weighted by atomic mass is 79.9. The highest BCUT2D eigenvalue weighted by Gasteiger charge is 2.62. The number of fused-ring (bicyclic) bond motifs is 2. The average molecular weight is 329 g/mol. The van der Waals surface area contributed by atoms with Gasteiger partial charge in [-0.15, -0.1) is 0 Å².